The first-order valence-corrected chi connectivity index (χ1v) is 8.11. The summed E-state index contributed by atoms with van der Waals surface area (Å²) < 4.78 is 28.6. The number of nitrogens with one attached hydrogen (secondary N) is 1. The SMILES string of the molecule is CN1CCOC(CNC2CCCS(=O)(=O)C2)C1. The van der Waals surface area contributed by atoms with E-state index >= 15 is 0 Å². The number of hydrogen-bond acceptors (Lipinski definition) is 5. The third-order valence-electron chi connectivity index (χ3n) is 3.44. The molecule has 2 atom stereocenters. The summed E-state index contributed by atoms with van der Waals surface area (Å²) in [7, 11) is -0.725. The molecule has 0 bridgehead atoms. The van der Waals surface area contributed by atoms with E-state index in [-0.39, 0.29) is 17.9 Å². The fourth-order valence-electron chi connectivity index (χ4n) is 2.47. The molecule has 0 radical (unpaired) electrons. The predicted octanol–water partition coefficient (Wildman–Crippen LogP) is -0.516. The van der Waals surface area contributed by atoms with Crippen molar-refractivity contribution < 1.29 is 13.2 Å². The minimum atomic E-state index is -2.81. The van der Waals surface area contributed by atoms with Crippen LogP contribution in [0.15, 0.2) is 0 Å². The van der Waals surface area contributed by atoms with Crippen molar-refractivity contribution in [2.75, 3.05) is 44.8 Å². The van der Waals surface area contributed by atoms with Gasteiger partial charge in [-0.2, -0.15) is 0 Å². The van der Waals surface area contributed by atoms with Gasteiger partial charge in [0, 0.05) is 25.7 Å². The van der Waals surface area contributed by atoms with Gasteiger partial charge in [-0.3, -0.25) is 0 Å². The second-order valence-corrected chi connectivity index (χ2v) is 7.35. The maximum Gasteiger partial charge on any atom is 0.151 e. The minimum Gasteiger partial charge on any atom is -0.374 e. The number of morpholine rings is 1. The van der Waals surface area contributed by atoms with Crippen LogP contribution in [0.2, 0.25) is 0 Å². The monoisotopic (exact) mass is 262 g/mol. The van der Waals surface area contributed by atoms with Gasteiger partial charge in [0.15, 0.2) is 9.84 Å². The Balaban J connectivity index is 1.74. The molecule has 2 rings (SSSR count). The van der Waals surface area contributed by atoms with Gasteiger partial charge in [-0.15, -0.1) is 0 Å². The Bertz CT molecular complexity index is 345. The summed E-state index contributed by atoms with van der Waals surface area (Å²) in [4.78, 5) is 2.24. The minimum absolute atomic E-state index is 0.115. The molecule has 1 N–H and O–H groups in total. The Morgan fingerprint density at radius 1 is 1.47 bits per heavy atom. The van der Waals surface area contributed by atoms with Gasteiger partial charge in [0.2, 0.25) is 0 Å². The van der Waals surface area contributed by atoms with Gasteiger partial charge >= 0.3 is 0 Å². The van der Waals surface area contributed by atoms with Crippen molar-refractivity contribution in [1.29, 1.82) is 0 Å². The molecular formula is C11H22N2O3S. The van der Waals surface area contributed by atoms with Crippen LogP contribution in [0, 0.1) is 0 Å². The lowest BCUT2D eigenvalue weighted by Crippen LogP contribution is -2.49. The van der Waals surface area contributed by atoms with Crippen LogP contribution in [0.3, 0.4) is 0 Å². The lowest BCUT2D eigenvalue weighted by atomic mass is 10.1. The first-order valence-electron chi connectivity index (χ1n) is 6.29. The molecule has 0 spiro atoms. The van der Waals surface area contributed by atoms with Gasteiger partial charge in [-0.05, 0) is 19.9 Å². The first-order chi connectivity index (χ1) is 8.05. The van der Waals surface area contributed by atoms with Gasteiger partial charge in [0.1, 0.15) is 0 Å². The summed E-state index contributed by atoms with van der Waals surface area (Å²) in [6.45, 7) is 3.43. The summed E-state index contributed by atoms with van der Waals surface area (Å²) in [5, 5.41) is 3.34. The summed E-state index contributed by atoms with van der Waals surface area (Å²) >= 11 is 0. The first kappa shape index (κ1) is 13.3. The molecular weight excluding hydrogens is 240 g/mol. The van der Waals surface area contributed by atoms with Gasteiger partial charge < -0.3 is 15.0 Å². The number of hydrogen-bond donors (Lipinski definition) is 1. The van der Waals surface area contributed by atoms with E-state index in [1.807, 2.05) is 0 Å². The van der Waals surface area contributed by atoms with Crippen LogP contribution in [-0.4, -0.2) is 70.3 Å². The maximum absolute atomic E-state index is 11.5. The molecule has 0 aromatic carbocycles. The Labute approximate surface area is 103 Å². The Hall–Kier alpha value is -0.170. The smallest absolute Gasteiger partial charge is 0.151 e. The number of ether oxygens (including phenoxy) is 1. The molecule has 0 aromatic rings. The van der Waals surface area contributed by atoms with E-state index in [4.69, 9.17) is 4.74 Å². The molecule has 2 unspecified atom stereocenters. The molecule has 0 amide bonds. The molecule has 0 aromatic heterocycles. The average molecular weight is 262 g/mol. The van der Waals surface area contributed by atoms with Crippen LogP contribution in [0.5, 0.6) is 0 Å². The largest absolute Gasteiger partial charge is 0.374 e. The van der Waals surface area contributed by atoms with Crippen LogP contribution < -0.4 is 5.32 Å². The zero-order chi connectivity index (χ0) is 12.3. The number of rotatable bonds is 3. The third kappa shape index (κ3) is 4.21. The van der Waals surface area contributed by atoms with Crippen molar-refractivity contribution in [2.24, 2.45) is 0 Å². The fourth-order valence-corrected chi connectivity index (χ4v) is 4.14. The zero-order valence-electron chi connectivity index (χ0n) is 10.4. The van der Waals surface area contributed by atoms with Crippen LogP contribution in [-0.2, 0) is 14.6 Å². The van der Waals surface area contributed by atoms with Crippen molar-refractivity contribution >= 4 is 9.84 Å². The molecule has 100 valence electrons. The van der Waals surface area contributed by atoms with E-state index < -0.39 is 9.84 Å². The highest BCUT2D eigenvalue weighted by molar-refractivity contribution is 7.91. The summed E-state index contributed by atoms with van der Waals surface area (Å²) in [6.07, 6.45) is 1.94. The molecule has 2 aliphatic rings. The van der Waals surface area contributed by atoms with E-state index in [2.05, 4.69) is 17.3 Å². The Kier molecular flexibility index (Phi) is 4.41. The summed E-state index contributed by atoms with van der Waals surface area (Å²) in [5.74, 6) is 0.642. The molecule has 0 saturated carbocycles. The Morgan fingerprint density at radius 2 is 2.29 bits per heavy atom. The molecule has 0 aliphatic carbocycles. The Morgan fingerprint density at radius 3 is 3.00 bits per heavy atom. The highest BCUT2D eigenvalue weighted by Gasteiger charge is 2.25. The zero-order valence-corrected chi connectivity index (χ0v) is 11.2. The number of likely N-dealkylation sites (N-methyl/N-ethyl adjacent to an activating group) is 1. The van der Waals surface area contributed by atoms with Gasteiger partial charge in [0.05, 0.1) is 24.2 Å². The van der Waals surface area contributed by atoms with Crippen LogP contribution in [0.1, 0.15) is 12.8 Å². The topological polar surface area (TPSA) is 58.6 Å². The van der Waals surface area contributed by atoms with Crippen molar-refractivity contribution in [3.05, 3.63) is 0 Å². The third-order valence-corrected chi connectivity index (χ3v) is 5.26. The van der Waals surface area contributed by atoms with E-state index in [1.54, 1.807) is 0 Å². The summed E-state index contributed by atoms with van der Waals surface area (Å²) in [6, 6.07) is 0.115. The highest BCUT2D eigenvalue weighted by Crippen LogP contribution is 2.12. The lowest BCUT2D eigenvalue weighted by Gasteiger charge is -2.32. The molecule has 2 aliphatic heterocycles. The average Bonchev–Trinajstić information content (AvgIpc) is 2.25. The van der Waals surface area contributed by atoms with Crippen molar-refractivity contribution in [3.63, 3.8) is 0 Å². The van der Waals surface area contributed by atoms with Gasteiger partial charge in [0.25, 0.3) is 0 Å². The van der Waals surface area contributed by atoms with E-state index in [0.717, 1.165) is 39.1 Å². The second-order valence-electron chi connectivity index (χ2n) is 5.12. The molecule has 2 heterocycles. The quantitative estimate of drug-likeness (QED) is 0.742. The number of nitrogens with zero attached hydrogens (tertiary/aromatic N) is 1. The molecule has 2 saturated heterocycles. The van der Waals surface area contributed by atoms with Gasteiger partial charge in [-0.1, -0.05) is 0 Å². The highest BCUT2D eigenvalue weighted by atomic mass is 32.2. The standard InChI is InChI=1S/C11H22N2O3S/c1-13-4-5-16-11(8-13)7-12-10-3-2-6-17(14,15)9-10/h10-12H,2-9H2,1H3. The predicted molar refractivity (Wildman–Crippen MR) is 66.9 cm³/mol. The van der Waals surface area contributed by atoms with Crippen molar-refractivity contribution in [1.82, 2.24) is 10.2 Å². The van der Waals surface area contributed by atoms with E-state index in [0.29, 0.717) is 5.75 Å². The molecule has 2 fully saturated rings. The van der Waals surface area contributed by atoms with Crippen LogP contribution in [0.25, 0.3) is 0 Å². The maximum atomic E-state index is 11.5. The normalized spacial score (nSPS) is 34.6. The number of sulfone groups is 1. The molecule has 17 heavy (non-hydrogen) atoms. The summed E-state index contributed by atoms with van der Waals surface area (Å²) in [5.41, 5.74) is 0. The van der Waals surface area contributed by atoms with Crippen LogP contribution in [0.4, 0.5) is 0 Å². The van der Waals surface area contributed by atoms with Gasteiger partial charge in [-0.25, -0.2) is 8.42 Å². The van der Waals surface area contributed by atoms with Crippen molar-refractivity contribution in [3.8, 4) is 0 Å². The van der Waals surface area contributed by atoms with Crippen molar-refractivity contribution in [2.45, 2.75) is 25.0 Å². The molecule has 6 heteroatoms. The van der Waals surface area contributed by atoms with E-state index in [9.17, 15) is 8.42 Å². The lowest BCUT2D eigenvalue weighted by molar-refractivity contribution is -0.0191. The van der Waals surface area contributed by atoms with Crippen LogP contribution >= 0.6 is 0 Å². The molecule has 5 nitrogen and oxygen atoms in total. The van der Waals surface area contributed by atoms with E-state index in [1.165, 1.54) is 0 Å². The second kappa shape index (κ2) is 5.65. The fraction of sp³-hybridized carbons (Fsp3) is 1.00.